The molecular weight excluding hydrogens is 410 g/mol. The number of carboxylic acids is 1. The first-order valence-electron chi connectivity index (χ1n) is 8.91. The molecule has 1 aliphatic heterocycles. The van der Waals surface area contributed by atoms with E-state index in [1.165, 1.54) is 0 Å². The molecule has 0 bridgehead atoms. The molecule has 0 spiro atoms. The average molecular weight is 430 g/mol. The van der Waals surface area contributed by atoms with Gasteiger partial charge in [-0.3, -0.25) is 9.48 Å². The minimum absolute atomic E-state index is 0.0648. The number of fused-ring (bicyclic) bond motifs is 1. The van der Waals surface area contributed by atoms with Crippen molar-refractivity contribution in [2.75, 3.05) is 13.1 Å². The largest absolute Gasteiger partial charge is 0.487 e. The number of benzene rings is 2. The van der Waals surface area contributed by atoms with Crippen LogP contribution in [0.25, 0.3) is 10.9 Å². The SMILES string of the molecule is O=C(O)Cc1ccccc1OCc1nn(C2CCNC2)c2ccc(Br)cc12. The second-order valence-electron chi connectivity index (χ2n) is 6.67. The summed E-state index contributed by atoms with van der Waals surface area (Å²) in [5.74, 6) is -0.293. The number of nitrogens with one attached hydrogen (secondary N) is 1. The number of aliphatic carboxylic acids is 1. The molecule has 0 amide bonds. The molecule has 1 unspecified atom stereocenters. The van der Waals surface area contributed by atoms with Crippen LogP contribution in [0.4, 0.5) is 0 Å². The molecule has 1 aliphatic rings. The lowest BCUT2D eigenvalue weighted by Gasteiger charge is -2.10. The summed E-state index contributed by atoms with van der Waals surface area (Å²) in [7, 11) is 0. The highest BCUT2D eigenvalue weighted by Gasteiger charge is 2.22. The molecule has 0 saturated carbocycles. The van der Waals surface area contributed by atoms with Gasteiger partial charge in [0.25, 0.3) is 0 Å². The van der Waals surface area contributed by atoms with E-state index in [1.807, 2.05) is 18.2 Å². The van der Waals surface area contributed by atoms with Crippen LogP contribution in [0.5, 0.6) is 5.75 Å². The molecule has 0 aliphatic carbocycles. The number of rotatable bonds is 6. The Morgan fingerprint density at radius 1 is 1.33 bits per heavy atom. The highest BCUT2D eigenvalue weighted by Crippen LogP contribution is 2.29. The minimum atomic E-state index is -0.876. The molecule has 2 N–H and O–H groups in total. The molecule has 1 aromatic heterocycles. The third-order valence-corrected chi connectivity index (χ3v) is 5.30. The van der Waals surface area contributed by atoms with Crippen molar-refractivity contribution in [2.45, 2.75) is 25.5 Å². The van der Waals surface area contributed by atoms with Crippen LogP contribution in [0.15, 0.2) is 46.9 Å². The maximum Gasteiger partial charge on any atom is 0.307 e. The number of carbonyl (C=O) groups is 1. The molecule has 1 atom stereocenters. The summed E-state index contributed by atoms with van der Waals surface area (Å²) in [6.45, 7) is 2.20. The van der Waals surface area contributed by atoms with E-state index in [-0.39, 0.29) is 13.0 Å². The predicted molar refractivity (Wildman–Crippen MR) is 106 cm³/mol. The topological polar surface area (TPSA) is 76.4 Å². The first kappa shape index (κ1) is 18.0. The maximum absolute atomic E-state index is 11.1. The van der Waals surface area contributed by atoms with Crippen molar-refractivity contribution in [3.8, 4) is 5.75 Å². The molecule has 1 fully saturated rings. The fraction of sp³-hybridized carbons (Fsp3) is 0.300. The van der Waals surface area contributed by atoms with Crippen LogP contribution in [-0.2, 0) is 17.8 Å². The van der Waals surface area contributed by atoms with E-state index < -0.39 is 5.97 Å². The fourth-order valence-corrected chi connectivity index (χ4v) is 3.87. The Morgan fingerprint density at radius 3 is 2.96 bits per heavy atom. The molecule has 1 saturated heterocycles. The van der Waals surface area contributed by atoms with Gasteiger partial charge in [-0.2, -0.15) is 5.10 Å². The second-order valence-corrected chi connectivity index (χ2v) is 7.58. The van der Waals surface area contributed by atoms with Gasteiger partial charge in [-0.1, -0.05) is 34.1 Å². The fourth-order valence-electron chi connectivity index (χ4n) is 3.51. The predicted octanol–water partition coefficient (Wildman–Crippen LogP) is 3.54. The zero-order valence-corrected chi connectivity index (χ0v) is 16.3. The third kappa shape index (κ3) is 3.84. The van der Waals surface area contributed by atoms with Crippen LogP contribution in [0.1, 0.15) is 23.7 Å². The standard InChI is InChI=1S/C20H20BrN3O3/c21-14-5-6-18-16(10-14)17(23-24(18)15-7-8-22-11-15)12-27-19-4-2-1-3-13(19)9-20(25)26/h1-6,10,15,22H,7-9,11-12H2,(H,25,26). The van der Waals surface area contributed by atoms with Crippen molar-refractivity contribution in [3.05, 3.63) is 58.2 Å². The van der Waals surface area contributed by atoms with Crippen LogP contribution >= 0.6 is 15.9 Å². The van der Waals surface area contributed by atoms with E-state index in [1.54, 1.807) is 12.1 Å². The Balaban J connectivity index is 1.64. The summed E-state index contributed by atoms with van der Waals surface area (Å²) in [6.07, 6.45) is 0.985. The Labute approximate surface area is 165 Å². The molecule has 3 aromatic rings. The minimum Gasteiger partial charge on any atom is -0.487 e. The monoisotopic (exact) mass is 429 g/mol. The Hall–Kier alpha value is -2.38. The highest BCUT2D eigenvalue weighted by atomic mass is 79.9. The number of aromatic nitrogens is 2. The maximum atomic E-state index is 11.1. The van der Waals surface area contributed by atoms with Gasteiger partial charge in [0.05, 0.1) is 18.0 Å². The number of halogens is 1. The Morgan fingerprint density at radius 2 is 2.19 bits per heavy atom. The summed E-state index contributed by atoms with van der Waals surface area (Å²) >= 11 is 3.54. The number of hydrogen-bond donors (Lipinski definition) is 2. The van der Waals surface area contributed by atoms with Gasteiger partial charge < -0.3 is 15.2 Å². The molecule has 27 heavy (non-hydrogen) atoms. The summed E-state index contributed by atoms with van der Waals surface area (Å²) in [6, 6.07) is 13.7. The Bertz CT molecular complexity index is 980. The normalized spacial score (nSPS) is 16.7. The highest BCUT2D eigenvalue weighted by molar-refractivity contribution is 9.10. The average Bonchev–Trinajstić information content (AvgIpc) is 3.28. The number of ether oxygens (including phenoxy) is 1. The summed E-state index contributed by atoms with van der Waals surface area (Å²) in [5, 5.41) is 18.4. The van der Waals surface area contributed by atoms with Gasteiger partial charge in [-0.25, -0.2) is 0 Å². The summed E-state index contributed by atoms with van der Waals surface area (Å²) < 4.78 is 9.06. The van der Waals surface area contributed by atoms with E-state index in [2.05, 4.69) is 38.1 Å². The van der Waals surface area contributed by atoms with Gasteiger partial charge >= 0.3 is 5.97 Å². The molecule has 2 aromatic carbocycles. The molecule has 6 nitrogen and oxygen atoms in total. The smallest absolute Gasteiger partial charge is 0.307 e. The van der Waals surface area contributed by atoms with Crippen molar-refractivity contribution >= 4 is 32.8 Å². The van der Waals surface area contributed by atoms with E-state index in [9.17, 15) is 4.79 Å². The van der Waals surface area contributed by atoms with Crippen molar-refractivity contribution < 1.29 is 14.6 Å². The molecule has 0 radical (unpaired) electrons. The van der Waals surface area contributed by atoms with Gasteiger partial charge in [-0.15, -0.1) is 0 Å². The van der Waals surface area contributed by atoms with E-state index in [4.69, 9.17) is 14.9 Å². The van der Waals surface area contributed by atoms with Gasteiger partial charge in [0.1, 0.15) is 18.1 Å². The second kappa shape index (κ2) is 7.70. The van der Waals surface area contributed by atoms with Gasteiger partial charge in [0, 0.05) is 22.0 Å². The number of para-hydroxylation sites is 1. The zero-order chi connectivity index (χ0) is 18.8. The molecule has 2 heterocycles. The van der Waals surface area contributed by atoms with Crippen LogP contribution in [0.3, 0.4) is 0 Å². The zero-order valence-electron chi connectivity index (χ0n) is 14.7. The van der Waals surface area contributed by atoms with Crippen molar-refractivity contribution in [2.24, 2.45) is 0 Å². The first-order valence-corrected chi connectivity index (χ1v) is 9.71. The number of nitrogens with zero attached hydrogens (tertiary/aromatic N) is 2. The van der Waals surface area contributed by atoms with Crippen molar-refractivity contribution in [1.82, 2.24) is 15.1 Å². The van der Waals surface area contributed by atoms with Crippen molar-refractivity contribution in [1.29, 1.82) is 0 Å². The van der Waals surface area contributed by atoms with Crippen LogP contribution in [-0.4, -0.2) is 33.9 Å². The summed E-state index contributed by atoms with van der Waals surface area (Å²) in [4.78, 5) is 11.1. The van der Waals surface area contributed by atoms with Gasteiger partial charge in [-0.05, 0) is 37.2 Å². The van der Waals surface area contributed by atoms with Crippen molar-refractivity contribution in [3.63, 3.8) is 0 Å². The lowest BCUT2D eigenvalue weighted by atomic mass is 10.1. The molecule has 4 rings (SSSR count). The quantitative estimate of drug-likeness (QED) is 0.626. The summed E-state index contributed by atoms with van der Waals surface area (Å²) in [5.41, 5.74) is 2.60. The Kier molecular flexibility index (Phi) is 5.13. The number of hydrogen-bond acceptors (Lipinski definition) is 4. The van der Waals surface area contributed by atoms with Crippen LogP contribution in [0, 0.1) is 0 Å². The molecule has 7 heteroatoms. The van der Waals surface area contributed by atoms with Crippen LogP contribution in [0.2, 0.25) is 0 Å². The third-order valence-electron chi connectivity index (χ3n) is 4.80. The first-order chi connectivity index (χ1) is 13.1. The lowest BCUT2D eigenvalue weighted by Crippen LogP contribution is -2.14. The van der Waals surface area contributed by atoms with E-state index in [0.717, 1.165) is 40.6 Å². The van der Waals surface area contributed by atoms with E-state index in [0.29, 0.717) is 17.4 Å². The molecular formula is C20H20BrN3O3. The number of carboxylic acid groups (broad SMARTS) is 1. The van der Waals surface area contributed by atoms with E-state index >= 15 is 0 Å². The van der Waals surface area contributed by atoms with Gasteiger partial charge in [0.2, 0.25) is 0 Å². The molecule has 140 valence electrons. The lowest BCUT2D eigenvalue weighted by molar-refractivity contribution is -0.136. The van der Waals surface area contributed by atoms with Crippen LogP contribution < -0.4 is 10.1 Å². The van der Waals surface area contributed by atoms with Gasteiger partial charge in [0.15, 0.2) is 0 Å².